The van der Waals surface area contributed by atoms with E-state index in [-0.39, 0.29) is 5.91 Å². The van der Waals surface area contributed by atoms with Gasteiger partial charge in [-0.25, -0.2) is 9.97 Å². The quantitative estimate of drug-likeness (QED) is 0.717. The molecular formula is C17H29N5O2. The van der Waals surface area contributed by atoms with Crippen molar-refractivity contribution in [2.75, 3.05) is 57.4 Å². The number of hydrogen-bond donors (Lipinski definition) is 1. The first-order valence-corrected chi connectivity index (χ1v) is 8.82. The summed E-state index contributed by atoms with van der Waals surface area (Å²) in [4.78, 5) is 25.7. The zero-order valence-corrected chi connectivity index (χ0v) is 15.0. The van der Waals surface area contributed by atoms with Gasteiger partial charge >= 0.3 is 0 Å². The standard InChI is InChI=1S/C17H29N5O2/c1-4-21-8-10-22(11-9-21)17-19-13-15(14(3)20-17)16(23)18-7-6-12-24-5-2/h13H,4-12H2,1-3H3,(H,18,23). The van der Waals surface area contributed by atoms with Gasteiger partial charge in [-0.15, -0.1) is 0 Å². The van der Waals surface area contributed by atoms with Gasteiger partial charge in [0.2, 0.25) is 5.95 Å². The second kappa shape index (κ2) is 9.54. The Morgan fingerprint density at radius 2 is 2.04 bits per heavy atom. The van der Waals surface area contributed by atoms with E-state index in [1.165, 1.54) is 0 Å². The van der Waals surface area contributed by atoms with Crippen molar-refractivity contribution in [3.63, 3.8) is 0 Å². The molecule has 1 amide bonds. The molecule has 1 aromatic rings. The van der Waals surface area contributed by atoms with Gasteiger partial charge in [0, 0.05) is 52.1 Å². The molecule has 0 unspecified atom stereocenters. The minimum atomic E-state index is -0.119. The van der Waals surface area contributed by atoms with Crippen LogP contribution in [0.4, 0.5) is 5.95 Å². The number of anilines is 1. The van der Waals surface area contributed by atoms with E-state index in [1.54, 1.807) is 6.20 Å². The maximum atomic E-state index is 12.2. The summed E-state index contributed by atoms with van der Waals surface area (Å²) >= 11 is 0. The van der Waals surface area contributed by atoms with Gasteiger partial charge in [-0.05, 0) is 26.8 Å². The predicted octanol–water partition coefficient (Wildman–Crippen LogP) is 1.08. The number of likely N-dealkylation sites (N-methyl/N-ethyl adjacent to an activating group) is 1. The predicted molar refractivity (Wildman–Crippen MR) is 94.5 cm³/mol. The Labute approximate surface area is 144 Å². The summed E-state index contributed by atoms with van der Waals surface area (Å²) in [6.07, 6.45) is 2.45. The number of rotatable bonds is 8. The lowest BCUT2D eigenvalue weighted by molar-refractivity contribution is 0.0943. The van der Waals surface area contributed by atoms with Crippen LogP contribution in [0.25, 0.3) is 0 Å². The molecule has 0 spiro atoms. The van der Waals surface area contributed by atoms with Gasteiger partial charge in [-0.3, -0.25) is 4.79 Å². The van der Waals surface area contributed by atoms with Crippen molar-refractivity contribution in [1.82, 2.24) is 20.2 Å². The molecule has 1 aliphatic heterocycles. The molecule has 0 bridgehead atoms. The van der Waals surface area contributed by atoms with Crippen LogP contribution in [0.2, 0.25) is 0 Å². The minimum absolute atomic E-state index is 0.119. The zero-order valence-electron chi connectivity index (χ0n) is 15.0. The van der Waals surface area contributed by atoms with Crippen LogP contribution >= 0.6 is 0 Å². The smallest absolute Gasteiger partial charge is 0.254 e. The average molecular weight is 335 g/mol. The van der Waals surface area contributed by atoms with E-state index < -0.39 is 0 Å². The van der Waals surface area contributed by atoms with Gasteiger partial charge in [-0.2, -0.15) is 0 Å². The normalized spacial score (nSPS) is 15.5. The molecule has 0 atom stereocenters. The first-order valence-electron chi connectivity index (χ1n) is 8.82. The van der Waals surface area contributed by atoms with Crippen molar-refractivity contribution < 1.29 is 9.53 Å². The molecule has 1 saturated heterocycles. The molecule has 1 aliphatic rings. The summed E-state index contributed by atoms with van der Waals surface area (Å²) in [5.74, 6) is 0.600. The van der Waals surface area contributed by atoms with Gasteiger partial charge < -0.3 is 19.9 Å². The monoisotopic (exact) mass is 335 g/mol. The maximum Gasteiger partial charge on any atom is 0.254 e. The SMILES string of the molecule is CCOCCCNC(=O)c1cnc(N2CCN(CC)CC2)nc1C. The molecule has 0 saturated carbocycles. The maximum absolute atomic E-state index is 12.2. The van der Waals surface area contributed by atoms with E-state index in [2.05, 4.69) is 32.0 Å². The van der Waals surface area contributed by atoms with E-state index in [0.717, 1.165) is 50.8 Å². The fourth-order valence-electron chi connectivity index (χ4n) is 2.71. The Hall–Kier alpha value is -1.73. The number of amides is 1. The van der Waals surface area contributed by atoms with E-state index in [1.807, 2.05) is 13.8 Å². The fraction of sp³-hybridized carbons (Fsp3) is 0.706. The number of aromatic nitrogens is 2. The number of nitrogens with zero attached hydrogens (tertiary/aromatic N) is 4. The van der Waals surface area contributed by atoms with Crippen molar-refractivity contribution in [2.45, 2.75) is 27.2 Å². The summed E-state index contributed by atoms with van der Waals surface area (Å²) in [6.45, 7) is 13.0. The first kappa shape index (κ1) is 18.6. The Morgan fingerprint density at radius 3 is 2.67 bits per heavy atom. The Balaban J connectivity index is 1.88. The van der Waals surface area contributed by atoms with Crippen LogP contribution in [0, 0.1) is 6.92 Å². The highest BCUT2D eigenvalue weighted by atomic mass is 16.5. The van der Waals surface area contributed by atoms with Crippen LogP contribution in [-0.4, -0.2) is 73.3 Å². The number of hydrogen-bond acceptors (Lipinski definition) is 6. The van der Waals surface area contributed by atoms with Crippen molar-refractivity contribution in [2.24, 2.45) is 0 Å². The summed E-state index contributed by atoms with van der Waals surface area (Å²) in [5.41, 5.74) is 1.27. The van der Waals surface area contributed by atoms with Gasteiger partial charge in [-0.1, -0.05) is 6.92 Å². The molecule has 1 fully saturated rings. The van der Waals surface area contributed by atoms with Crippen molar-refractivity contribution in [3.05, 3.63) is 17.5 Å². The number of ether oxygens (including phenoxy) is 1. The largest absolute Gasteiger partial charge is 0.382 e. The molecule has 0 aliphatic carbocycles. The van der Waals surface area contributed by atoms with Crippen LogP contribution in [0.1, 0.15) is 36.3 Å². The number of carbonyl (C=O) groups excluding carboxylic acids is 1. The molecule has 0 aromatic carbocycles. The molecule has 2 rings (SSSR count). The second-order valence-corrected chi connectivity index (χ2v) is 5.90. The van der Waals surface area contributed by atoms with Crippen LogP contribution < -0.4 is 10.2 Å². The molecule has 24 heavy (non-hydrogen) atoms. The average Bonchev–Trinajstić information content (AvgIpc) is 2.61. The third-order valence-electron chi connectivity index (χ3n) is 4.27. The van der Waals surface area contributed by atoms with E-state index >= 15 is 0 Å². The van der Waals surface area contributed by atoms with Crippen molar-refractivity contribution >= 4 is 11.9 Å². The van der Waals surface area contributed by atoms with Crippen molar-refractivity contribution in [1.29, 1.82) is 0 Å². The third kappa shape index (κ3) is 5.14. The zero-order chi connectivity index (χ0) is 17.4. The molecular weight excluding hydrogens is 306 g/mol. The molecule has 0 radical (unpaired) electrons. The van der Waals surface area contributed by atoms with Gasteiger partial charge in [0.05, 0.1) is 11.3 Å². The molecule has 1 aromatic heterocycles. The topological polar surface area (TPSA) is 70.6 Å². The molecule has 2 heterocycles. The van der Waals surface area contributed by atoms with E-state index in [4.69, 9.17) is 4.74 Å². The Kier molecular flexibility index (Phi) is 7.39. The highest BCUT2D eigenvalue weighted by Gasteiger charge is 2.19. The first-order chi connectivity index (χ1) is 11.7. The number of aryl methyl sites for hydroxylation is 1. The number of nitrogens with one attached hydrogen (secondary N) is 1. The van der Waals surface area contributed by atoms with Crippen molar-refractivity contribution in [3.8, 4) is 0 Å². The highest BCUT2D eigenvalue weighted by molar-refractivity contribution is 5.94. The number of piperazine rings is 1. The van der Waals surface area contributed by atoms with Gasteiger partial charge in [0.15, 0.2) is 0 Å². The fourth-order valence-corrected chi connectivity index (χ4v) is 2.71. The minimum Gasteiger partial charge on any atom is -0.382 e. The Morgan fingerprint density at radius 1 is 1.29 bits per heavy atom. The summed E-state index contributed by atoms with van der Waals surface area (Å²) in [5, 5.41) is 2.89. The van der Waals surface area contributed by atoms with Crippen LogP contribution in [0.5, 0.6) is 0 Å². The molecule has 1 N–H and O–H groups in total. The summed E-state index contributed by atoms with van der Waals surface area (Å²) in [7, 11) is 0. The second-order valence-electron chi connectivity index (χ2n) is 5.90. The number of carbonyl (C=O) groups is 1. The highest BCUT2D eigenvalue weighted by Crippen LogP contribution is 2.13. The molecule has 134 valence electrons. The lowest BCUT2D eigenvalue weighted by Crippen LogP contribution is -2.46. The van der Waals surface area contributed by atoms with Gasteiger partial charge in [0.25, 0.3) is 5.91 Å². The molecule has 7 heteroatoms. The van der Waals surface area contributed by atoms with Crippen LogP contribution in [-0.2, 0) is 4.74 Å². The van der Waals surface area contributed by atoms with E-state index in [0.29, 0.717) is 25.3 Å². The van der Waals surface area contributed by atoms with Gasteiger partial charge in [0.1, 0.15) is 0 Å². The van der Waals surface area contributed by atoms with E-state index in [9.17, 15) is 4.79 Å². The summed E-state index contributed by atoms with van der Waals surface area (Å²) < 4.78 is 5.26. The summed E-state index contributed by atoms with van der Waals surface area (Å²) in [6, 6.07) is 0. The lowest BCUT2D eigenvalue weighted by atomic mass is 10.2. The molecule has 7 nitrogen and oxygen atoms in total. The van der Waals surface area contributed by atoms with Crippen LogP contribution in [0.3, 0.4) is 0 Å². The lowest BCUT2D eigenvalue weighted by Gasteiger charge is -2.34. The van der Waals surface area contributed by atoms with Crippen LogP contribution in [0.15, 0.2) is 6.20 Å². The third-order valence-corrected chi connectivity index (χ3v) is 4.27. The Bertz CT molecular complexity index is 530.